The third kappa shape index (κ3) is 3.82. The van der Waals surface area contributed by atoms with Crippen LogP contribution in [0.3, 0.4) is 0 Å². The maximum Gasteiger partial charge on any atom is 0.0546 e. The van der Waals surface area contributed by atoms with Gasteiger partial charge in [0.1, 0.15) is 0 Å². The Morgan fingerprint density at radius 1 is 0.388 bits per heavy atom. The summed E-state index contributed by atoms with van der Waals surface area (Å²) in [5.41, 5.74) is 14.3. The van der Waals surface area contributed by atoms with E-state index < -0.39 is 0 Å². The fraction of sp³-hybridized carbons (Fsp3) is 0.125. The predicted octanol–water partition coefficient (Wildman–Crippen LogP) is 13.2. The van der Waals surface area contributed by atoms with Crippen LogP contribution >= 0.6 is 0 Å². The number of nitrogens with zero attached hydrogens (tertiary/aromatic N) is 1. The third-order valence-electron chi connectivity index (χ3n) is 11.6. The molecule has 0 aromatic heterocycles. The zero-order valence-electron chi connectivity index (χ0n) is 28.4. The van der Waals surface area contributed by atoms with E-state index in [9.17, 15) is 0 Å². The molecule has 2 aliphatic carbocycles. The molecule has 0 atom stereocenters. The molecule has 0 fully saturated rings. The average Bonchev–Trinajstić information content (AvgIpc) is 3.51. The Morgan fingerprint density at radius 2 is 0.980 bits per heavy atom. The van der Waals surface area contributed by atoms with E-state index in [-0.39, 0.29) is 10.8 Å². The molecule has 49 heavy (non-hydrogen) atoms. The Morgan fingerprint density at radius 3 is 1.80 bits per heavy atom. The van der Waals surface area contributed by atoms with Crippen LogP contribution in [0.25, 0.3) is 54.6 Å². The second-order valence-electron chi connectivity index (χ2n) is 14.9. The van der Waals surface area contributed by atoms with Crippen molar-refractivity contribution in [1.29, 1.82) is 0 Å². The summed E-state index contributed by atoms with van der Waals surface area (Å²) in [4.78, 5) is 2.57. The lowest BCUT2D eigenvalue weighted by Gasteiger charge is -2.32. The van der Waals surface area contributed by atoms with Crippen LogP contribution in [-0.4, -0.2) is 0 Å². The molecule has 8 aromatic rings. The van der Waals surface area contributed by atoms with Crippen molar-refractivity contribution in [3.05, 3.63) is 174 Å². The highest BCUT2D eigenvalue weighted by atomic mass is 15.1. The molecule has 2 aliphatic rings. The molecule has 0 saturated heterocycles. The van der Waals surface area contributed by atoms with Crippen molar-refractivity contribution in [2.75, 3.05) is 4.90 Å². The smallest absolute Gasteiger partial charge is 0.0546 e. The van der Waals surface area contributed by atoms with E-state index in [1.54, 1.807) is 0 Å². The van der Waals surface area contributed by atoms with Crippen LogP contribution in [0.1, 0.15) is 49.9 Å². The Labute approximate surface area is 288 Å². The van der Waals surface area contributed by atoms with Gasteiger partial charge in [0.05, 0.1) is 11.4 Å². The van der Waals surface area contributed by atoms with E-state index in [0.29, 0.717) is 0 Å². The summed E-state index contributed by atoms with van der Waals surface area (Å²) in [5, 5.41) is 7.60. The molecule has 0 radical (unpaired) electrons. The summed E-state index contributed by atoms with van der Waals surface area (Å²) in [7, 11) is 0. The first kappa shape index (κ1) is 28.4. The summed E-state index contributed by atoms with van der Waals surface area (Å²) in [6.45, 7) is 9.53. The van der Waals surface area contributed by atoms with Crippen LogP contribution in [0.15, 0.2) is 152 Å². The minimum Gasteiger partial charge on any atom is -0.309 e. The van der Waals surface area contributed by atoms with Crippen molar-refractivity contribution in [3.63, 3.8) is 0 Å². The summed E-state index contributed by atoms with van der Waals surface area (Å²) in [5.74, 6) is 0. The van der Waals surface area contributed by atoms with Crippen LogP contribution < -0.4 is 4.90 Å². The van der Waals surface area contributed by atoms with E-state index in [0.717, 1.165) is 0 Å². The molecule has 0 spiro atoms. The maximum atomic E-state index is 2.57. The van der Waals surface area contributed by atoms with Crippen LogP contribution in [0, 0.1) is 0 Å². The average molecular weight is 628 g/mol. The highest BCUT2D eigenvalue weighted by Crippen LogP contribution is 2.56. The van der Waals surface area contributed by atoms with E-state index in [2.05, 4.69) is 184 Å². The molecule has 0 bridgehead atoms. The van der Waals surface area contributed by atoms with Crippen LogP contribution in [0.2, 0.25) is 0 Å². The van der Waals surface area contributed by atoms with Gasteiger partial charge in [-0.1, -0.05) is 155 Å². The van der Waals surface area contributed by atoms with Crippen molar-refractivity contribution in [1.82, 2.24) is 0 Å². The quantitative estimate of drug-likeness (QED) is 0.176. The van der Waals surface area contributed by atoms with Crippen molar-refractivity contribution >= 4 is 49.4 Å². The van der Waals surface area contributed by atoms with Crippen molar-refractivity contribution in [3.8, 4) is 22.3 Å². The fourth-order valence-corrected chi connectivity index (χ4v) is 9.18. The SMILES string of the molecule is CC1(C)c2ccccc2-c2ccc(N(c3cc4c(c5ccccc35)-c3ccccc3C4(C)C)c3cccc4ccc5ccccc5c34)cc21. The van der Waals surface area contributed by atoms with Gasteiger partial charge in [-0.15, -0.1) is 0 Å². The summed E-state index contributed by atoms with van der Waals surface area (Å²) < 4.78 is 0. The molecule has 1 nitrogen and oxygen atoms in total. The minimum absolute atomic E-state index is 0.108. The molecule has 0 heterocycles. The lowest BCUT2D eigenvalue weighted by atomic mass is 9.81. The Bertz CT molecular complexity index is 2670. The second-order valence-corrected chi connectivity index (χ2v) is 14.9. The lowest BCUT2D eigenvalue weighted by Crippen LogP contribution is -2.18. The van der Waals surface area contributed by atoms with E-state index >= 15 is 0 Å². The molecular formula is C48H37N. The summed E-state index contributed by atoms with van der Waals surface area (Å²) >= 11 is 0. The van der Waals surface area contributed by atoms with Gasteiger partial charge < -0.3 is 4.90 Å². The van der Waals surface area contributed by atoms with E-state index in [4.69, 9.17) is 0 Å². The Kier molecular flexibility index (Phi) is 5.75. The normalized spacial score (nSPS) is 14.9. The molecule has 1 heteroatoms. The first-order valence-electron chi connectivity index (χ1n) is 17.5. The molecule has 0 unspecified atom stereocenters. The highest BCUT2D eigenvalue weighted by Gasteiger charge is 2.39. The van der Waals surface area contributed by atoms with Crippen molar-refractivity contribution in [2.45, 2.75) is 38.5 Å². The van der Waals surface area contributed by atoms with Gasteiger partial charge in [-0.3, -0.25) is 0 Å². The largest absolute Gasteiger partial charge is 0.309 e. The van der Waals surface area contributed by atoms with E-state index in [1.807, 2.05) is 0 Å². The van der Waals surface area contributed by atoms with Gasteiger partial charge in [0.15, 0.2) is 0 Å². The minimum atomic E-state index is -0.136. The highest BCUT2D eigenvalue weighted by molar-refractivity contribution is 6.17. The number of anilines is 3. The number of fused-ring (bicyclic) bond motifs is 11. The zero-order chi connectivity index (χ0) is 33.1. The first-order valence-corrected chi connectivity index (χ1v) is 17.5. The zero-order valence-corrected chi connectivity index (χ0v) is 28.4. The number of benzene rings is 8. The van der Waals surface area contributed by atoms with Gasteiger partial charge in [0.25, 0.3) is 0 Å². The molecule has 0 aliphatic heterocycles. The first-order chi connectivity index (χ1) is 23.8. The van der Waals surface area contributed by atoms with E-state index in [1.165, 1.54) is 93.9 Å². The monoisotopic (exact) mass is 627 g/mol. The van der Waals surface area contributed by atoms with Crippen LogP contribution in [-0.2, 0) is 10.8 Å². The molecule has 8 aromatic carbocycles. The molecule has 234 valence electrons. The number of hydrogen-bond donors (Lipinski definition) is 0. The Hall–Kier alpha value is -5.66. The molecule has 10 rings (SSSR count). The molecule has 0 amide bonds. The van der Waals surface area contributed by atoms with Gasteiger partial charge >= 0.3 is 0 Å². The Balaban J connectivity index is 1.33. The molecule has 0 N–H and O–H groups in total. The van der Waals surface area contributed by atoms with Gasteiger partial charge in [-0.25, -0.2) is 0 Å². The summed E-state index contributed by atoms with van der Waals surface area (Å²) in [6, 6.07) is 56.8. The fourth-order valence-electron chi connectivity index (χ4n) is 9.18. The van der Waals surface area contributed by atoms with Gasteiger partial charge in [0, 0.05) is 27.3 Å². The number of hydrogen-bond acceptors (Lipinski definition) is 1. The van der Waals surface area contributed by atoms with Crippen molar-refractivity contribution in [2.24, 2.45) is 0 Å². The van der Waals surface area contributed by atoms with Crippen LogP contribution in [0.5, 0.6) is 0 Å². The van der Waals surface area contributed by atoms with Gasteiger partial charge in [-0.2, -0.15) is 0 Å². The topological polar surface area (TPSA) is 3.24 Å². The molecule has 0 saturated carbocycles. The van der Waals surface area contributed by atoms with Crippen LogP contribution in [0.4, 0.5) is 17.1 Å². The predicted molar refractivity (Wildman–Crippen MR) is 209 cm³/mol. The number of rotatable bonds is 3. The van der Waals surface area contributed by atoms with Crippen molar-refractivity contribution < 1.29 is 0 Å². The second kappa shape index (κ2) is 9.94. The summed E-state index contributed by atoms with van der Waals surface area (Å²) in [6.07, 6.45) is 0. The maximum absolute atomic E-state index is 2.57. The van der Waals surface area contributed by atoms with Gasteiger partial charge in [0.2, 0.25) is 0 Å². The standard InChI is InChI=1S/C48H37N/c1-47(2)39-21-11-9-17-34(39)35-27-26-32(28-41(35)47)49(43-23-13-15-31-25-24-30-14-5-6-16-33(30)45(31)43)44-29-42-46(37-19-8-7-18-36(37)44)38-20-10-12-22-40(38)48(42,3)4/h5-29H,1-4H3. The lowest BCUT2D eigenvalue weighted by molar-refractivity contribution is 0.660. The third-order valence-corrected chi connectivity index (χ3v) is 11.6. The van der Waals surface area contributed by atoms with Gasteiger partial charge in [-0.05, 0) is 90.3 Å². The molecular weight excluding hydrogens is 591 g/mol.